The Hall–Kier alpha value is -0.530. The van der Waals surface area contributed by atoms with E-state index in [1.54, 1.807) is 0 Å². The maximum absolute atomic E-state index is 12.4. The van der Waals surface area contributed by atoms with E-state index >= 15 is 0 Å². The summed E-state index contributed by atoms with van der Waals surface area (Å²) in [5.74, 6) is 1.70. The predicted octanol–water partition coefficient (Wildman–Crippen LogP) is 3.61. The molecule has 98 valence electrons. The first-order chi connectivity index (χ1) is 8.31. The minimum atomic E-state index is 0.357. The van der Waals surface area contributed by atoms with Crippen molar-refractivity contribution in [3.8, 4) is 0 Å². The normalized spacial score (nSPS) is 24.6. The van der Waals surface area contributed by atoms with Crippen molar-refractivity contribution in [2.75, 3.05) is 13.1 Å². The minimum absolute atomic E-state index is 0.357. The third kappa shape index (κ3) is 3.46. The van der Waals surface area contributed by atoms with Crippen molar-refractivity contribution < 1.29 is 4.79 Å². The zero-order valence-corrected chi connectivity index (χ0v) is 11.3. The molecule has 0 spiro atoms. The summed E-state index contributed by atoms with van der Waals surface area (Å²) in [5.41, 5.74) is 0. The van der Waals surface area contributed by atoms with Gasteiger partial charge in [0.15, 0.2) is 0 Å². The van der Waals surface area contributed by atoms with Crippen LogP contribution in [0.15, 0.2) is 0 Å². The Morgan fingerprint density at radius 2 is 1.59 bits per heavy atom. The number of rotatable bonds is 2. The van der Waals surface area contributed by atoms with E-state index < -0.39 is 0 Å². The van der Waals surface area contributed by atoms with Gasteiger partial charge in [0.1, 0.15) is 0 Å². The molecular formula is C15H27NO. The second-order valence-corrected chi connectivity index (χ2v) is 5.87. The van der Waals surface area contributed by atoms with Crippen LogP contribution in [-0.2, 0) is 4.79 Å². The molecule has 1 saturated heterocycles. The average molecular weight is 237 g/mol. The standard InChI is InChI=1S/C15H27NO/c1-2-13-9-11-16(12-10-13)15(17)14-7-5-3-4-6-8-14/h13-14H,2-12H2,1H3. The number of carbonyl (C=O) groups excluding carboxylic acids is 1. The van der Waals surface area contributed by atoms with E-state index in [1.165, 1.54) is 44.9 Å². The Labute approximate surface area is 106 Å². The van der Waals surface area contributed by atoms with E-state index in [9.17, 15) is 4.79 Å². The number of piperidine rings is 1. The molecular weight excluding hydrogens is 210 g/mol. The molecule has 2 rings (SSSR count). The lowest BCUT2D eigenvalue weighted by atomic mass is 9.92. The summed E-state index contributed by atoms with van der Waals surface area (Å²) in [7, 11) is 0. The number of nitrogens with zero attached hydrogens (tertiary/aromatic N) is 1. The van der Waals surface area contributed by atoms with Crippen LogP contribution in [0.4, 0.5) is 0 Å². The molecule has 0 unspecified atom stereocenters. The van der Waals surface area contributed by atoms with Crippen LogP contribution in [0.5, 0.6) is 0 Å². The molecule has 0 aromatic carbocycles. The van der Waals surface area contributed by atoms with Crippen LogP contribution in [-0.4, -0.2) is 23.9 Å². The van der Waals surface area contributed by atoms with E-state index in [0.717, 1.165) is 31.8 Å². The molecule has 1 aliphatic carbocycles. The van der Waals surface area contributed by atoms with Gasteiger partial charge in [0.25, 0.3) is 0 Å². The van der Waals surface area contributed by atoms with Gasteiger partial charge in [-0.2, -0.15) is 0 Å². The number of hydrogen-bond acceptors (Lipinski definition) is 1. The lowest BCUT2D eigenvalue weighted by Gasteiger charge is -2.33. The lowest BCUT2D eigenvalue weighted by molar-refractivity contribution is -0.137. The summed E-state index contributed by atoms with van der Waals surface area (Å²) in [5, 5.41) is 0. The van der Waals surface area contributed by atoms with E-state index in [2.05, 4.69) is 11.8 Å². The summed E-state index contributed by atoms with van der Waals surface area (Å²) in [4.78, 5) is 14.6. The fourth-order valence-corrected chi connectivity index (χ4v) is 3.35. The molecule has 0 aromatic rings. The van der Waals surface area contributed by atoms with E-state index in [4.69, 9.17) is 0 Å². The summed E-state index contributed by atoms with van der Waals surface area (Å²) in [6, 6.07) is 0. The lowest BCUT2D eigenvalue weighted by Crippen LogP contribution is -2.41. The van der Waals surface area contributed by atoms with Crippen LogP contribution in [0, 0.1) is 11.8 Å². The van der Waals surface area contributed by atoms with Gasteiger partial charge in [0.2, 0.25) is 5.91 Å². The van der Waals surface area contributed by atoms with Crippen molar-refractivity contribution in [3.05, 3.63) is 0 Å². The second-order valence-electron chi connectivity index (χ2n) is 5.87. The first-order valence-electron chi connectivity index (χ1n) is 7.60. The monoisotopic (exact) mass is 237 g/mol. The van der Waals surface area contributed by atoms with Crippen LogP contribution in [0.3, 0.4) is 0 Å². The van der Waals surface area contributed by atoms with Gasteiger partial charge in [-0.25, -0.2) is 0 Å². The average Bonchev–Trinajstić information content (AvgIpc) is 2.67. The molecule has 1 saturated carbocycles. The van der Waals surface area contributed by atoms with Gasteiger partial charge in [-0.1, -0.05) is 39.0 Å². The fourth-order valence-electron chi connectivity index (χ4n) is 3.35. The van der Waals surface area contributed by atoms with Crippen molar-refractivity contribution in [2.45, 2.75) is 64.7 Å². The maximum atomic E-state index is 12.4. The Morgan fingerprint density at radius 1 is 1.00 bits per heavy atom. The van der Waals surface area contributed by atoms with Crippen LogP contribution >= 0.6 is 0 Å². The van der Waals surface area contributed by atoms with Crippen LogP contribution in [0.2, 0.25) is 0 Å². The van der Waals surface area contributed by atoms with Gasteiger partial charge in [-0.05, 0) is 31.6 Å². The van der Waals surface area contributed by atoms with Gasteiger partial charge in [0.05, 0.1) is 0 Å². The topological polar surface area (TPSA) is 20.3 Å². The van der Waals surface area contributed by atoms with Gasteiger partial charge >= 0.3 is 0 Å². The highest BCUT2D eigenvalue weighted by Crippen LogP contribution is 2.27. The molecule has 2 fully saturated rings. The quantitative estimate of drug-likeness (QED) is 0.672. The number of amides is 1. The Kier molecular flexibility index (Phi) is 4.87. The van der Waals surface area contributed by atoms with Crippen molar-refractivity contribution in [3.63, 3.8) is 0 Å². The van der Waals surface area contributed by atoms with Crippen molar-refractivity contribution >= 4 is 5.91 Å². The molecule has 1 aliphatic heterocycles. The molecule has 0 atom stereocenters. The molecule has 1 heterocycles. The molecule has 17 heavy (non-hydrogen) atoms. The second kappa shape index (κ2) is 6.42. The van der Waals surface area contributed by atoms with E-state index in [0.29, 0.717) is 11.8 Å². The third-order valence-electron chi connectivity index (χ3n) is 4.71. The van der Waals surface area contributed by atoms with Crippen LogP contribution < -0.4 is 0 Å². The summed E-state index contributed by atoms with van der Waals surface area (Å²) >= 11 is 0. The zero-order valence-electron chi connectivity index (χ0n) is 11.3. The SMILES string of the molecule is CCC1CCN(C(=O)C2CCCCCC2)CC1. The molecule has 2 aliphatic rings. The van der Waals surface area contributed by atoms with E-state index in [-0.39, 0.29) is 0 Å². The predicted molar refractivity (Wildman–Crippen MR) is 70.8 cm³/mol. The van der Waals surface area contributed by atoms with Gasteiger partial charge in [-0.3, -0.25) is 4.79 Å². The zero-order chi connectivity index (χ0) is 12.1. The highest BCUT2D eigenvalue weighted by atomic mass is 16.2. The summed E-state index contributed by atoms with van der Waals surface area (Å²) in [6.07, 6.45) is 11.2. The molecule has 1 amide bonds. The smallest absolute Gasteiger partial charge is 0.225 e. The highest BCUT2D eigenvalue weighted by Gasteiger charge is 2.27. The number of carbonyl (C=O) groups is 1. The minimum Gasteiger partial charge on any atom is -0.342 e. The summed E-state index contributed by atoms with van der Waals surface area (Å²) in [6.45, 7) is 4.31. The van der Waals surface area contributed by atoms with Gasteiger partial charge in [0, 0.05) is 19.0 Å². The van der Waals surface area contributed by atoms with E-state index in [1.807, 2.05) is 0 Å². The highest BCUT2D eigenvalue weighted by molar-refractivity contribution is 5.78. The molecule has 0 bridgehead atoms. The largest absolute Gasteiger partial charge is 0.342 e. The van der Waals surface area contributed by atoms with Crippen LogP contribution in [0.25, 0.3) is 0 Å². The Bertz CT molecular complexity index is 235. The maximum Gasteiger partial charge on any atom is 0.225 e. The molecule has 2 nitrogen and oxygen atoms in total. The number of likely N-dealkylation sites (tertiary alicyclic amines) is 1. The molecule has 2 heteroatoms. The molecule has 0 aromatic heterocycles. The fraction of sp³-hybridized carbons (Fsp3) is 0.933. The van der Waals surface area contributed by atoms with Crippen molar-refractivity contribution in [2.24, 2.45) is 11.8 Å². The number of hydrogen-bond donors (Lipinski definition) is 0. The van der Waals surface area contributed by atoms with Crippen LogP contribution in [0.1, 0.15) is 64.7 Å². The first-order valence-corrected chi connectivity index (χ1v) is 7.60. The molecule has 0 radical (unpaired) electrons. The third-order valence-corrected chi connectivity index (χ3v) is 4.71. The van der Waals surface area contributed by atoms with Gasteiger partial charge in [-0.15, -0.1) is 0 Å². The molecule has 0 N–H and O–H groups in total. The Balaban J connectivity index is 1.82. The first kappa shape index (κ1) is 12.9. The summed E-state index contributed by atoms with van der Waals surface area (Å²) < 4.78 is 0. The van der Waals surface area contributed by atoms with Crippen molar-refractivity contribution in [1.29, 1.82) is 0 Å². The Morgan fingerprint density at radius 3 is 2.12 bits per heavy atom. The van der Waals surface area contributed by atoms with Crippen molar-refractivity contribution in [1.82, 2.24) is 4.90 Å². The van der Waals surface area contributed by atoms with Gasteiger partial charge < -0.3 is 4.90 Å².